The molecule has 1 saturated heterocycles. The van der Waals surface area contributed by atoms with E-state index in [4.69, 9.17) is 18.7 Å². The van der Waals surface area contributed by atoms with E-state index in [-0.39, 0.29) is 29.7 Å². The molecule has 3 aromatic rings. The third-order valence-corrected chi connectivity index (χ3v) is 11.4. The van der Waals surface area contributed by atoms with E-state index in [9.17, 15) is 4.79 Å². The fourth-order valence-corrected chi connectivity index (χ4v) is 4.79. The molecular formula is C26H37N5O5Si. The SMILES string of the molecule is CC(C)=NOC1C[C@H](n2cnc3c(OCc4ccccc4)nc(=O)[nH]c32)O[C@@H]1CO[Si](C)(C)C(C)(C)C. The number of imidazole rings is 1. The van der Waals surface area contributed by atoms with Gasteiger partial charge in [-0.05, 0) is 37.5 Å². The van der Waals surface area contributed by atoms with Crippen LogP contribution in [0, 0.1) is 0 Å². The van der Waals surface area contributed by atoms with Crippen LogP contribution in [0.5, 0.6) is 5.88 Å². The topological polar surface area (TPSA) is 113 Å². The van der Waals surface area contributed by atoms with Crippen LogP contribution in [0.15, 0.2) is 46.6 Å². The summed E-state index contributed by atoms with van der Waals surface area (Å²) in [6.45, 7) is 15.5. The molecule has 3 heterocycles. The van der Waals surface area contributed by atoms with Gasteiger partial charge in [0.1, 0.15) is 24.6 Å². The number of hydrogen-bond donors (Lipinski definition) is 1. The summed E-state index contributed by atoms with van der Waals surface area (Å²) in [5.41, 5.74) is 2.20. The van der Waals surface area contributed by atoms with Gasteiger partial charge in [-0.1, -0.05) is 56.3 Å². The number of hydrogen-bond acceptors (Lipinski definition) is 8. The zero-order valence-corrected chi connectivity index (χ0v) is 23.6. The van der Waals surface area contributed by atoms with Crippen molar-refractivity contribution in [3.05, 3.63) is 52.7 Å². The van der Waals surface area contributed by atoms with E-state index in [0.29, 0.717) is 24.2 Å². The van der Waals surface area contributed by atoms with Crippen molar-refractivity contribution in [2.75, 3.05) is 6.61 Å². The lowest BCUT2D eigenvalue weighted by atomic mass is 10.2. The number of fused-ring (bicyclic) bond motifs is 1. The molecule has 1 aliphatic rings. The van der Waals surface area contributed by atoms with Crippen molar-refractivity contribution in [1.82, 2.24) is 19.5 Å². The van der Waals surface area contributed by atoms with Gasteiger partial charge in [-0.25, -0.2) is 9.78 Å². The fraction of sp³-hybridized carbons (Fsp3) is 0.538. The van der Waals surface area contributed by atoms with Crippen LogP contribution in [-0.4, -0.2) is 52.4 Å². The molecular weight excluding hydrogens is 490 g/mol. The highest BCUT2D eigenvalue weighted by Crippen LogP contribution is 2.39. The molecule has 0 aliphatic carbocycles. The molecule has 4 rings (SSSR count). The predicted molar refractivity (Wildman–Crippen MR) is 144 cm³/mol. The number of aromatic nitrogens is 4. The molecule has 1 fully saturated rings. The molecule has 0 spiro atoms. The van der Waals surface area contributed by atoms with E-state index < -0.39 is 20.2 Å². The minimum atomic E-state index is -1.99. The Hall–Kier alpha value is -3.02. The van der Waals surface area contributed by atoms with Gasteiger partial charge in [-0.3, -0.25) is 9.55 Å². The van der Waals surface area contributed by atoms with Crippen LogP contribution in [0.4, 0.5) is 0 Å². The number of H-pyrrole nitrogens is 1. The molecule has 37 heavy (non-hydrogen) atoms. The van der Waals surface area contributed by atoms with Gasteiger partial charge < -0.3 is 18.7 Å². The van der Waals surface area contributed by atoms with E-state index in [1.54, 1.807) is 10.9 Å². The Kier molecular flexibility index (Phi) is 7.86. The second kappa shape index (κ2) is 10.8. The Morgan fingerprint density at radius 2 is 1.97 bits per heavy atom. The summed E-state index contributed by atoms with van der Waals surface area (Å²) in [7, 11) is -1.99. The highest BCUT2D eigenvalue weighted by Gasteiger charge is 2.43. The van der Waals surface area contributed by atoms with Crippen molar-refractivity contribution in [1.29, 1.82) is 0 Å². The zero-order valence-electron chi connectivity index (χ0n) is 22.6. The van der Waals surface area contributed by atoms with E-state index in [0.717, 1.165) is 11.3 Å². The summed E-state index contributed by atoms with van der Waals surface area (Å²) in [6.07, 6.45) is 1.06. The molecule has 0 amide bonds. The number of nitrogens with one attached hydrogen (secondary N) is 1. The quantitative estimate of drug-likeness (QED) is 0.242. The van der Waals surface area contributed by atoms with Crippen LogP contribution in [-0.2, 0) is 20.6 Å². The van der Waals surface area contributed by atoms with E-state index in [1.807, 2.05) is 44.2 Å². The van der Waals surface area contributed by atoms with Crippen molar-refractivity contribution in [3.63, 3.8) is 0 Å². The molecule has 2 aromatic heterocycles. The van der Waals surface area contributed by atoms with Gasteiger partial charge >= 0.3 is 5.69 Å². The van der Waals surface area contributed by atoms with Crippen LogP contribution >= 0.6 is 0 Å². The molecule has 0 radical (unpaired) electrons. The van der Waals surface area contributed by atoms with Gasteiger partial charge in [0.05, 0.1) is 18.6 Å². The van der Waals surface area contributed by atoms with Crippen molar-refractivity contribution < 1.29 is 18.7 Å². The monoisotopic (exact) mass is 527 g/mol. The highest BCUT2D eigenvalue weighted by atomic mass is 28.4. The molecule has 1 aliphatic heterocycles. The van der Waals surface area contributed by atoms with Gasteiger partial charge in [0.2, 0.25) is 5.88 Å². The molecule has 0 bridgehead atoms. The number of oxime groups is 1. The number of aromatic amines is 1. The van der Waals surface area contributed by atoms with Crippen molar-refractivity contribution >= 4 is 25.2 Å². The third kappa shape index (κ3) is 6.28. The first-order valence-electron chi connectivity index (χ1n) is 12.5. The summed E-state index contributed by atoms with van der Waals surface area (Å²) in [5, 5.41) is 4.26. The molecule has 1 N–H and O–H groups in total. The molecule has 11 heteroatoms. The number of benzene rings is 1. The maximum absolute atomic E-state index is 12.4. The van der Waals surface area contributed by atoms with Gasteiger partial charge in [-0.15, -0.1) is 0 Å². The van der Waals surface area contributed by atoms with Gasteiger partial charge in [0.15, 0.2) is 19.9 Å². The van der Waals surface area contributed by atoms with Gasteiger partial charge in [0, 0.05) is 6.42 Å². The van der Waals surface area contributed by atoms with Crippen LogP contribution < -0.4 is 10.4 Å². The summed E-state index contributed by atoms with van der Waals surface area (Å²) >= 11 is 0. The molecule has 10 nitrogen and oxygen atoms in total. The fourth-order valence-electron chi connectivity index (χ4n) is 3.77. The minimum absolute atomic E-state index is 0.0721. The summed E-state index contributed by atoms with van der Waals surface area (Å²) < 4.78 is 20.5. The first-order valence-corrected chi connectivity index (χ1v) is 15.5. The molecule has 200 valence electrons. The van der Waals surface area contributed by atoms with Crippen LogP contribution in [0.2, 0.25) is 18.1 Å². The van der Waals surface area contributed by atoms with Crippen LogP contribution in [0.3, 0.4) is 0 Å². The Morgan fingerprint density at radius 1 is 1.24 bits per heavy atom. The lowest BCUT2D eigenvalue weighted by molar-refractivity contribution is -0.0572. The average molecular weight is 528 g/mol. The van der Waals surface area contributed by atoms with E-state index in [2.05, 4.69) is 54.0 Å². The first kappa shape index (κ1) is 27.0. The van der Waals surface area contributed by atoms with Crippen molar-refractivity contribution in [3.8, 4) is 5.88 Å². The minimum Gasteiger partial charge on any atom is -0.471 e. The van der Waals surface area contributed by atoms with Crippen LogP contribution in [0.1, 0.15) is 52.8 Å². The van der Waals surface area contributed by atoms with E-state index >= 15 is 0 Å². The summed E-state index contributed by atoms with van der Waals surface area (Å²) in [5.74, 6) is 0.177. The first-order chi connectivity index (χ1) is 17.4. The predicted octanol–water partition coefficient (Wildman–Crippen LogP) is 4.79. The van der Waals surface area contributed by atoms with Gasteiger partial charge in [-0.2, -0.15) is 4.98 Å². The molecule has 0 saturated carbocycles. The summed E-state index contributed by atoms with van der Waals surface area (Å²) in [6, 6.07) is 9.69. The Labute approximate surface area is 218 Å². The molecule has 1 unspecified atom stereocenters. The van der Waals surface area contributed by atoms with Gasteiger partial charge in [0.25, 0.3) is 0 Å². The smallest absolute Gasteiger partial charge is 0.349 e. The standard InChI is InChI=1S/C26H37N5O5Si/c1-17(2)30-36-19-13-21(35-20(19)15-34-37(6,7)26(3,4)5)31-16-27-22-23(31)28-25(32)29-24(22)33-14-18-11-9-8-10-12-18/h8-12,16,19-21H,13-15H2,1-7H3,(H,28,29,32)/t19?,20-,21-/m1/s1. The lowest BCUT2D eigenvalue weighted by Gasteiger charge is -2.37. The van der Waals surface area contributed by atoms with Crippen molar-refractivity contribution in [2.45, 2.75) is 84.2 Å². The lowest BCUT2D eigenvalue weighted by Crippen LogP contribution is -2.44. The third-order valence-electron chi connectivity index (χ3n) is 6.92. The Bertz CT molecular complexity index is 1290. The molecule has 1 aromatic carbocycles. The Morgan fingerprint density at radius 3 is 2.65 bits per heavy atom. The summed E-state index contributed by atoms with van der Waals surface area (Å²) in [4.78, 5) is 29.6. The van der Waals surface area contributed by atoms with Crippen LogP contribution in [0.25, 0.3) is 11.2 Å². The Balaban J connectivity index is 1.57. The zero-order chi connectivity index (χ0) is 26.8. The largest absolute Gasteiger partial charge is 0.471 e. The number of nitrogens with zero attached hydrogens (tertiary/aromatic N) is 4. The second-order valence-corrected chi connectivity index (χ2v) is 15.9. The average Bonchev–Trinajstić information content (AvgIpc) is 3.43. The number of ether oxygens (including phenoxy) is 2. The van der Waals surface area contributed by atoms with Crippen molar-refractivity contribution in [2.24, 2.45) is 5.16 Å². The normalized spacial score (nSPS) is 20.2. The highest BCUT2D eigenvalue weighted by molar-refractivity contribution is 6.74. The van der Waals surface area contributed by atoms with E-state index in [1.165, 1.54) is 0 Å². The second-order valence-electron chi connectivity index (χ2n) is 11.1. The number of rotatable bonds is 9. The molecule has 3 atom stereocenters. The maximum Gasteiger partial charge on any atom is 0.349 e. The maximum atomic E-state index is 12.4.